The Balaban J connectivity index is 1.67. The van der Waals surface area contributed by atoms with Crippen molar-refractivity contribution in [3.8, 4) is 5.75 Å². The molecule has 110 valence electrons. The lowest BCUT2D eigenvalue weighted by molar-refractivity contribution is -0.698. The van der Waals surface area contributed by atoms with Crippen LogP contribution in [0, 0.1) is 0 Å². The molecule has 0 atom stereocenters. The highest BCUT2D eigenvalue weighted by Gasteiger charge is 2.09. The second kappa shape index (κ2) is 8.01. The summed E-state index contributed by atoms with van der Waals surface area (Å²) in [6.07, 6.45) is 3.95. The van der Waals surface area contributed by atoms with Crippen molar-refractivity contribution >= 4 is 5.97 Å². The van der Waals surface area contributed by atoms with Gasteiger partial charge in [0.05, 0.1) is 6.61 Å². The van der Waals surface area contributed by atoms with Crippen molar-refractivity contribution in [3.05, 3.63) is 60.4 Å². The number of carboxylic acid groups (broad SMARTS) is 1. The number of ether oxygens (including phenoxy) is 2. The molecule has 0 saturated carbocycles. The first kappa shape index (κ1) is 15.0. The minimum Gasteiger partial charge on any atom is -0.490 e. The summed E-state index contributed by atoms with van der Waals surface area (Å²) < 4.78 is 12.9. The number of para-hydroxylation sites is 1. The maximum Gasteiger partial charge on any atom is 0.339 e. The van der Waals surface area contributed by atoms with E-state index in [1.165, 1.54) is 6.07 Å². The van der Waals surface area contributed by atoms with Gasteiger partial charge in [0.25, 0.3) is 0 Å². The number of benzene rings is 1. The number of carboxylic acids is 1. The van der Waals surface area contributed by atoms with Crippen molar-refractivity contribution in [2.24, 2.45) is 0 Å². The zero-order chi connectivity index (χ0) is 14.9. The van der Waals surface area contributed by atoms with E-state index in [-0.39, 0.29) is 5.56 Å². The van der Waals surface area contributed by atoms with E-state index in [1.54, 1.807) is 18.2 Å². The third-order valence-corrected chi connectivity index (χ3v) is 2.87. The standard InChI is InChI=1S/C16H17NO4/c18-16(19)14-6-2-3-7-15(14)21-13-12-20-11-10-17-8-4-1-5-9-17/h1-9H,10-13H2/p+1. The van der Waals surface area contributed by atoms with Crippen molar-refractivity contribution in [1.82, 2.24) is 0 Å². The molecule has 0 saturated heterocycles. The molecule has 1 heterocycles. The van der Waals surface area contributed by atoms with E-state index >= 15 is 0 Å². The van der Waals surface area contributed by atoms with Gasteiger partial charge in [-0.05, 0) is 12.1 Å². The van der Waals surface area contributed by atoms with Gasteiger partial charge in [-0.15, -0.1) is 0 Å². The van der Waals surface area contributed by atoms with E-state index in [0.29, 0.717) is 25.6 Å². The molecule has 5 nitrogen and oxygen atoms in total. The zero-order valence-electron chi connectivity index (χ0n) is 11.6. The summed E-state index contributed by atoms with van der Waals surface area (Å²) in [6, 6.07) is 12.5. The average Bonchev–Trinajstić information content (AvgIpc) is 2.52. The normalized spacial score (nSPS) is 10.3. The molecule has 0 unspecified atom stereocenters. The fourth-order valence-corrected chi connectivity index (χ4v) is 1.84. The van der Waals surface area contributed by atoms with Crippen LogP contribution in [0.25, 0.3) is 0 Å². The second-order valence-corrected chi connectivity index (χ2v) is 4.38. The summed E-state index contributed by atoms with van der Waals surface area (Å²) in [6.45, 7) is 2.09. The van der Waals surface area contributed by atoms with E-state index in [4.69, 9.17) is 14.6 Å². The highest BCUT2D eigenvalue weighted by Crippen LogP contribution is 2.17. The van der Waals surface area contributed by atoms with Crippen molar-refractivity contribution in [3.63, 3.8) is 0 Å². The van der Waals surface area contributed by atoms with Crippen molar-refractivity contribution in [2.75, 3.05) is 19.8 Å². The number of aromatic nitrogens is 1. The number of hydrogen-bond acceptors (Lipinski definition) is 3. The van der Waals surface area contributed by atoms with Gasteiger partial charge in [-0.3, -0.25) is 0 Å². The molecule has 0 spiro atoms. The highest BCUT2D eigenvalue weighted by atomic mass is 16.5. The SMILES string of the molecule is O=C(O)c1ccccc1OCCOCC[n+]1ccccc1. The van der Waals surface area contributed by atoms with E-state index < -0.39 is 5.97 Å². The molecule has 2 aromatic rings. The topological polar surface area (TPSA) is 59.6 Å². The Morgan fingerprint density at radius 2 is 1.76 bits per heavy atom. The summed E-state index contributed by atoms with van der Waals surface area (Å²) in [5.74, 6) is -0.627. The number of carbonyl (C=O) groups is 1. The molecule has 1 N–H and O–H groups in total. The monoisotopic (exact) mass is 288 g/mol. The number of nitrogens with zero attached hydrogens (tertiary/aromatic N) is 1. The Morgan fingerprint density at radius 1 is 1.00 bits per heavy atom. The first-order valence-corrected chi connectivity index (χ1v) is 6.74. The molecule has 0 aliphatic carbocycles. The van der Waals surface area contributed by atoms with Crippen LogP contribution in [0.3, 0.4) is 0 Å². The largest absolute Gasteiger partial charge is 0.490 e. The Labute approximate surface area is 123 Å². The number of hydrogen-bond donors (Lipinski definition) is 1. The van der Waals surface area contributed by atoms with Gasteiger partial charge in [0.1, 0.15) is 24.5 Å². The van der Waals surface area contributed by atoms with Crippen LogP contribution in [-0.2, 0) is 11.3 Å². The first-order chi connectivity index (χ1) is 10.3. The molecular formula is C16H18NO4+. The van der Waals surface area contributed by atoms with Crippen LogP contribution in [0.4, 0.5) is 0 Å². The highest BCUT2D eigenvalue weighted by molar-refractivity contribution is 5.90. The minimum atomic E-state index is -0.994. The van der Waals surface area contributed by atoms with Gasteiger partial charge in [0.15, 0.2) is 18.9 Å². The van der Waals surface area contributed by atoms with Crippen molar-refractivity contribution in [2.45, 2.75) is 6.54 Å². The van der Waals surface area contributed by atoms with Gasteiger partial charge >= 0.3 is 5.97 Å². The molecule has 2 rings (SSSR count). The van der Waals surface area contributed by atoms with Crippen LogP contribution in [0.15, 0.2) is 54.9 Å². The lowest BCUT2D eigenvalue weighted by atomic mass is 10.2. The predicted octanol–water partition coefficient (Wildman–Crippen LogP) is 1.77. The molecule has 0 aliphatic rings. The van der Waals surface area contributed by atoms with E-state index in [1.807, 2.05) is 35.2 Å². The average molecular weight is 288 g/mol. The zero-order valence-corrected chi connectivity index (χ0v) is 11.6. The van der Waals surface area contributed by atoms with Gasteiger partial charge in [0, 0.05) is 12.1 Å². The van der Waals surface area contributed by atoms with Gasteiger partial charge < -0.3 is 14.6 Å². The van der Waals surface area contributed by atoms with Crippen LogP contribution >= 0.6 is 0 Å². The van der Waals surface area contributed by atoms with Gasteiger partial charge in [-0.2, -0.15) is 0 Å². The maximum absolute atomic E-state index is 11.0. The second-order valence-electron chi connectivity index (χ2n) is 4.38. The summed E-state index contributed by atoms with van der Waals surface area (Å²) in [7, 11) is 0. The molecule has 0 amide bonds. The molecule has 0 bridgehead atoms. The molecule has 5 heteroatoms. The summed E-state index contributed by atoms with van der Waals surface area (Å²) in [4.78, 5) is 11.0. The van der Waals surface area contributed by atoms with Crippen LogP contribution in [0.2, 0.25) is 0 Å². The molecule has 0 aliphatic heterocycles. The fourth-order valence-electron chi connectivity index (χ4n) is 1.84. The third-order valence-electron chi connectivity index (χ3n) is 2.87. The summed E-state index contributed by atoms with van der Waals surface area (Å²) in [5, 5.41) is 9.02. The number of rotatable bonds is 8. The predicted molar refractivity (Wildman–Crippen MR) is 76.4 cm³/mol. The Hall–Kier alpha value is -2.40. The van der Waals surface area contributed by atoms with Crippen LogP contribution < -0.4 is 9.30 Å². The van der Waals surface area contributed by atoms with Gasteiger partial charge in [-0.1, -0.05) is 18.2 Å². The van der Waals surface area contributed by atoms with E-state index in [9.17, 15) is 4.79 Å². The van der Waals surface area contributed by atoms with E-state index in [2.05, 4.69) is 0 Å². The first-order valence-electron chi connectivity index (χ1n) is 6.74. The van der Waals surface area contributed by atoms with E-state index in [0.717, 1.165) is 6.54 Å². The number of aromatic carboxylic acids is 1. The fraction of sp³-hybridized carbons (Fsp3) is 0.250. The minimum absolute atomic E-state index is 0.164. The maximum atomic E-state index is 11.0. The van der Waals surface area contributed by atoms with Crippen LogP contribution in [0.5, 0.6) is 5.75 Å². The smallest absolute Gasteiger partial charge is 0.339 e. The van der Waals surface area contributed by atoms with Gasteiger partial charge in [0.2, 0.25) is 0 Å². The molecule has 0 radical (unpaired) electrons. The molecule has 1 aromatic heterocycles. The van der Waals surface area contributed by atoms with Crippen molar-refractivity contribution in [1.29, 1.82) is 0 Å². The molecular weight excluding hydrogens is 270 g/mol. The lowest BCUT2D eigenvalue weighted by Crippen LogP contribution is -2.35. The molecule has 21 heavy (non-hydrogen) atoms. The van der Waals surface area contributed by atoms with Crippen LogP contribution in [-0.4, -0.2) is 30.9 Å². The molecule has 1 aromatic carbocycles. The van der Waals surface area contributed by atoms with Gasteiger partial charge in [-0.25, -0.2) is 9.36 Å². The number of pyridine rings is 1. The van der Waals surface area contributed by atoms with Crippen LogP contribution in [0.1, 0.15) is 10.4 Å². The quantitative estimate of drug-likeness (QED) is 0.594. The summed E-state index contributed by atoms with van der Waals surface area (Å²) >= 11 is 0. The summed E-state index contributed by atoms with van der Waals surface area (Å²) in [5.41, 5.74) is 0.164. The third kappa shape index (κ3) is 4.89. The molecule has 0 fully saturated rings. The Bertz CT molecular complexity index is 571. The Morgan fingerprint density at radius 3 is 2.52 bits per heavy atom. The lowest BCUT2D eigenvalue weighted by Gasteiger charge is -2.08. The Kier molecular flexibility index (Phi) is 5.72. The van der Waals surface area contributed by atoms with Crippen molar-refractivity contribution < 1.29 is 23.9 Å².